The molecular formula is C15H22N2O4. The summed E-state index contributed by atoms with van der Waals surface area (Å²) in [4.78, 5) is 24.8. The largest absolute Gasteiger partial charge is 0.497 e. The Bertz CT molecular complexity index is 504. The molecule has 21 heavy (non-hydrogen) atoms. The number of carbonyl (C=O) groups is 2. The van der Waals surface area contributed by atoms with Gasteiger partial charge < -0.3 is 15.2 Å². The number of nitrogens with zero attached hydrogens (tertiary/aromatic N) is 1. The summed E-state index contributed by atoms with van der Waals surface area (Å²) in [6.45, 7) is 3.68. The van der Waals surface area contributed by atoms with Crippen LogP contribution in [0.1, 0.15) is 20.3 Å². The van der Waals surface area contributed by atoms with Crippen LogP contribution in [0.2, 0.25) is 0 Å². The lowest BCUT2D eigenvalue weighted by Gasteiger charge is -2.24. The molecule has 1 unspecified atom stereocenters. The lowest BCUT2D eigenvalue weighted by atomic mass is 9.99. The van der Waals surface area contributed by atoms with Gasteiger partial charge in [-0.15, -0.1) is 0 Å². The first-order chi connectivity index (χ1) is 9.90. The molecule has 0 radical (unpaired) electrons. The van der Waals surface area contributed by atoms with E-state index >= 15 is 0 Å². The van der Waals surface area contributed by atoms with E-state index in [0.717, 1.165) is 0 Å². The summed E-state index contributed by atoms with van der Waals surface area (Å²) in [5, 5.41) is 11.8. The number of urea groups is 1. The van der Waals surface area contributed by atoms with E-state index in [1.807, 2.05) is 6.92 Å². The van der Waals surface area contributed by atoms with Crippen LogP contribution in [0.4, 0.5) is 10.5 Å². The molecule has 0 aliphatic heterocycles. The molecule has 0 saturated carbocycles. The van der Waals surface area contributed by atoms with E-state index in [1.54, 1.807) is 45.3 Å². The number of carbonyl (C=O) groups excluding carboxylic acids is 1. The molecule has 1 aromatic carbocycles. The van der Waals surface area contributed by atoms with Crippen molar-refractivity contribution in [1.29, 1.82) is 0 Å². The minimum atomic E-state index is -1.03. The van der Waals surface area contributed by atoms with E-state index in [0.29, 0.717) is 17.9 Å². The SMILES string of the molecule is CCC(C)[C@H](NC(=O)N(C)c1cccc(OC)c1)C(=O)O. The highest BCUT2D eigenvalue weighted by Gasteiger charge is 2.26. The Hall–Kier alpha value is -2.24. The zero-order chi connectivity index (χ0) is 16.0. The van der Waals surface area contributed by atoms with Crippen LogP contribution in [0.5, 0.6) is 5.75 Å². The normalized spacial score (nSPS) is 13.1. The second kappa shape index (κ2) is 7.52. The number of rotatable bonds is 6. The summed E-state index contributed by atoms with van der Waals surface area (Å²) in [6.07, 6.45) is 0.667. The lowest BCUT2D eigenvalue weighted by Crippen LogP contribution is -2.49. The van der Waals surface area contributed by atoms with Crippen LogP contribution in [-0.4, -0.2) is 37.3 Å². The summed E-state index contributed by atoms with van der Waals surface area (Å²) < 4.78 is 5.11. The van der Waals surface area contributed by atoms with Gasteiger partial charge in [-0.3, -0.25) is 4.90 Å². The molecule has 0 fully saturated rings. The molecule has 0 saturated heterocycles. The maximum atomic E-state index is 12.2. The molecular weight excluding hydrogens is 272 g/mol. The zero-order valence-corrected chi connectivity index (χ0v) is 12.8. The number of aliphatic carboxylic acids is 1. The maximum Gasteiger partial charge on any atom is 0.326 e. The maximum absolute atomic E-state index is 12.2. The predicted molar refractivity (Wildman–Crippen MR) is 80.8 cm³/mol. The predicted octanol–water partition coefficient (Wildman–Crippen LogP) is 2.34. The van der Waals surface area contributed by atoms with Crippen molar-refractivity contribution in [3.8, 4) is 5.75 Å². The van der Waals surface area contributed by atoms with Crippen LogP contribution in [-0.2, 0) is 4.79 Å². The molecule has 0 heterocycles. The first-order valence-corrected chi connectivity index (χ1v) is 6.81. The molecule has 2 atom stereocenters. The van der Waals surface area contributed by atoms with Gasteiger partial charge in [-0.25, -0.2) is 9.59 Å². The number of carboxylic acid groups (broad SMARTS) is 1. The third-order valence-corrected chi connectivity index (χ3v) is 3.50. The number of anilines is 1. The highest BCUT2D eigenvalue weighted by molar-refractivity contribution is 5.94. The summed E-state index contributed by atoms with van der Waals surface area (Å²) in [5.41, 5.74) is 0.625. The van der Waals surface area contributed by atoms with Gasteiger partial charge in [0.25, 0.3) is 0 Å². The number of nitrogens with one attached hydrogen (secondary N) is 1. The average Bonchev–Trinajstić information content (AvgIpc) is 2.50. The topological polar surface area (TPSA) is 78.9 Å². The van der Waals surface area contributed by atoms with Crippen LogP contribution in [0, 0.1) is 5.92 Å². The third-order valence-electron chi connectivity index (χ3n) is 3.50. The summed E-state index contributed by atoms with van der Waals surface area (Å²) in [7, 11) is 3.13. The van der Waals surface area contributed by atoms with Gasteiger partial charge in [0, 0.05) is 18.8 Å². The van der Waals surface area contributed by atoms with Gasteiger partial charge in [-0.1, -0.05) is 26.3 Å². The van der Waals surface area contributed by atoms with Gasteiger partial charge >= 0.3 is 12.0 Å². The molecule has 6 heteroatoms. The van der Waals surface area contributed by atoms with Gasteiger partial charge in [0.05, 0.1) is 7.11 Å². The van der Waals surface area contributed by atoms with E-state index in [4.69, 9.17) is 4.74 Å². The molecule has 1 aromatic rings. The highest BCUT2D eigenvalue weighted by atomic mass is 16.5. The quantitative estimate of drug-likeness (QED) is 0.844. The van der Waals surface area contributed by atoms with Gasteiger partial charge in [0.2, 0.25) is 0 Å². The number of hydrogen-bond acceptors (Lipinski definition) is 3. The number of methoxy groups -OCH3 is 1. The van der Waals surface area contributed by atoms with Crippen LogP contribution >= 0.6 is 0 Å². The Kier molecular flexibility index (Phi) is 6.02. The second-order valence-corrected chi connectivity index (χ2v) is 4.91. The standard InChI is InChI=1S/C15H22N2O4/c1-5-10(2)13(14(18)19)16-15(20)17(3)11-7-6-8-12(9-11)21-4/h6-10,13H,5H2,1-4H3,(H,16,20)(H,18,19)/t10?,13-/m0/s1. The Morgan fingerprint density at radius 3 is 2.62 bits per heavy atom. The molecule has 0 bridgehead atoms. The van der Waals surface area contributed by atoms with Crippen molar-refractivity contribution < 1.29 is 19.4 Å². The minimum Gasteiger partial charge on any atom is -0.497 e. The van der Waals surface area contributed by atoms with E-state index in [-0.39, 0.29) is 5.92 Å². The summed E-state index contributed by atoms with van der Waals surface area (Å²) in [5.74, 6) is -0.550. The summed E-state index contributed by atoms with van der Waals surface area (Å²) >= 11 is 0. The van der Waals surface area contributed by atoms with Crippen molar-refractivity contribution in [1.82, 2.24) is 5.32 Å². The van der Waals surface area contributed by atoms with Crippen molar-refractivity contribution in [2.45, 2.75) is 26.3 Å². The fourth-order valence-electron chi connectivity index (χ4n) is 1.85. The molecule has 0 aromatic heterocycles. The first-order valence-electron chi connectivity index (χ1n) is 6.81. The van der Waals surface area contributed by atoms with Gasteiger partial charge in [-0.2, -0.15) is 0 Å². The molecule has 0 aliphatic carbocycles. The molecule has 2 N–H and O–H groups in total. The van der Waals surface area contributed by atoms with Crippen LogP contribution in [0.3, 0.4) is 0 Å². The van der Waals surface area contributed by atoms with Gasteiger partial charge in [0.1, 0.15) is 11.8 Å². The van der Waals surface area contributed by atoms with Crippen LogP contribution < -0.4 is 15.0 Å². The highest BCUT2D eigenvalue weighted by Crippen LogP contribution is 2.20. The second-order valence-electron chi connectivity index (χ2n) is 4.91. The fourth-order valence-corrected chi connectivity index (χ4v) is 1.85. The third kappa shape index (κ3) is 4.37. The number of ether oxygens (including phenoxy) is 1. The number of carboxylic acids is 1. The molecule has 0 aliphatic rings. The fraction of sp³-hybridized carbons (Fsp3) is 0.467. The van der Waals surface area contributed by atoms with Crippen LogP contribution in [0.25, 0.3) is 0 Å². The van der Waals surface area contributed by atoms with Gasteiger partial charge in [-0.05, 0) is 18.1 Å². The molecule has 116 valence electrons. The number of hydrogen-bond donors (Lipinski definition) is 2. The lowest BCUT2D eigenvalue weighted by molar-refractivity contribution is -0.140. The molecule has 6 nitrogen and oxygen atoms in total. The minimum absolute atomic E-state index is 0.148. The van der Waals surface area contributed by atoms with Crippen molar-refractivity contribution in [2.75, 3.05) is 19.1 Å². The van der Waals surface area contributed by atoms with Crippen molar-refractivity contribution in [2.24, 2.45) is 5.92 Å². The van der Waals surface area contributed by atoms with E-state index < -0.39 is 18.0 Å². The first kappa shape index (κ1) is 16.8. The van der Waals surface area contributed by atoms with E-state index in [1.165, 1.54) is 4.90 Å². The number of benzene rings is 1. The zero-order valence-electron chi connectivity index (χ0n) is 12.8. The Morgan fingerprint density at radius 1 is 1.43 bits per heavy atom. The van der Waals surface area contributed by atoms with Crippen molar-refractivity contribution >= 4 is 17.7 Å². The van der Waals surface area contributed by atoms with Crippen molar-refractivity contribution in [3.05, 3.63) is 24.3 Å². The Balaban J connectivity index is 2.83. The molecule has 1 rings (SSSR count). The monoisotopic (exact) mass is 294 g/mol. The summed E-state index contributed by atoms with van der Waals surface area (Å²) in [6, 6.07) is 5.63. The van der Waals surface area contributed by atoms with E-state index in [2.05, 4.69) is 5.32 Å². The molecule has 2 amide bonds. The molecule has 0 spiro atoms. The van der Waals surface area contributed by atoms with Crippen LogP contribution in [0.15, 0.2) is 24.3 Å². The Labute approximate surface area is 124 Å². The average molecular weight is 294 g/mol. The van der Waals surface area contributed by atoms with Gasteiger partial charge in [0.15, 0.2) is 0 Å². The Morgan fingerprint density at radius 2 is 2.10 bits per heavy atom. The van der Waals surface area contributed by atoms with E-state index in [9.17, 15) is 14.7 Å². The number of amides is 2. The van der Waals surface area contributed by atoms with Crippen molar-refractivity contribution in [3.63, 3.8) is 0 Å². The smallest absolute Gasteiger partial charge is 0.326 e.